The van der Waals surface area contributed by atoms with Crippen LogP contribution in [0.4, 0.5) is 0 Å². The Morgan fingerprint density at radius 2 is 2.14 bits per heavy atom. The van der Waals surface area contributed by atoms with Crippen LogP contribution in [0.5, 0.6) is 5.75 Å². The maximum absolute atomic E-state index is 12.1. The molecule has 1 aliphatic carbocycles. The number of hydrogen-bond acceptors (Lipinski definition) is 4. The summed E-state index contributed by atoms with van der Waals surface area (Å²) in [5.74, 6) is 1.97. The number of hydrogen-bond donors (Lipinski definition) is 0. The van der Waals surface area contributed by atoms with Gasteiger partial charge >= 0.3 is 5.97 Å². The maximum Gasteiger partial charge on any atom is 0.306 e. The molecule has 0 bridgehead atoms. The zero-order chi connectivity index (χ0) is 20.5. The van der Waals surface area contributed by atoms with Gasteiger partial charge in [0.15, 0.2) is 0 Å². The van der Waals surface area contributed by atoms with Crippen molar-refractivity contribution in [3.8, 4) is 5.75 Å². The molecule has 0 aromatic heterocycles. The number of fused-ring (bicyclic) bond motifs is 1. The number of carbonyl (C=O) groups is 1. The highest BCUT2D eigenvalue weighted by Gasteiger charge is 2.41. The number of para-hydroxylation sites is 1. The lowest BCUT2D eigenvalue weighted by Crippen LogP contribution is -2.25. The van der Waals surface area contributed by atoms with Crippen LogP contribution in [0.1, 0.15) is 39.0 Å². The molecule has 29 heavy (non-hydrogen) atoms. The van der Waals surface area contributed by atoms with Gasteiger partial charge in [0.2, 0.25) is 0 Å². The number of rotatable bonds is 7. The Kier molecular flexibility index (Phi) is 9.18. The minimum atomic E-state index is -0.102. The van der Waals surface area contributed by atoms with Gasteiger partial charge in [0.05, 0.1) is 0 Å². The first-order valence-electron chi connectivity index (χ1n) is 10.5. The Balaban J connectivity index is 1.66. The molecule has 158 valence electrons. The lowest BCUT2D eigenvalue weighted by Gasteiger charge is -2.24. The van der Waals surface area contributed by atoms with E-state index in [1.807, 2.05) is 30.3 Å². The number of benzene rings is 1. The SMILES string of the molecule is C[C@@H]1C[C@@H]2OC(=O)CCC/C=C\C[C@@H]2[C@H]1/C=C/[C@H](COc1ccccc1)OPP. The van der Waals surface area contributed by atoms with E-state index in [-0.39, 0.29) is 18.2 Å². The standard InChI is InChI=1S/C23H32O4P2/c1-17-15-22-21(11-7-2-3-8-12-23(24)26-22)20(17)14-13-19(27-29-28)16-25-18-9-5-4-6-10-18/h2,4-7,9-10,13-14,17,19-22,29H,3,8,11-12,15-16,28H2,1H3/b7-2-,14-13+/t17-,19-,20+,21-,22+/m1/s1. The quantitative estimate of drug-likeness (QED) is 0.314. The van der Waals surface area contributed by atoms with Crippen molar-refractivity contribution in [2.45, 2.75) is 51.2 Å². The van der Waals surface area contributed by atoms with Crippen molar-refractivity contribution in [2.75, 3.05) is 6.61 Å². The van der Waals surface area contributed by atoms with E-state index in [2.05, 4.69) is 40.2 Å². The Labute approximate surface area is 178 Å². The number of ether oxygens (including phenoxy) is 2. The molecule has 4 nitrogen and oxygen atoms in total. The molecule has 6 heteroatoms. The average Bonchev–Trinajstić information content (AvgIpc) is 3.01. The molecule has 1 heterocycles. The van der Waals surface area contributed by atoms with Crippen molar-refractivity contribution in [1.29, 1.82) is 0 Å². The van der Waals surface area contributed by atoms with Crippen LogP contribution >= 0.6 is 17.4 Å². The third-order valence-electron chi connectivity index (χ3n) is 5.77. The summed E-state index contributed by atoms with van der Waals surface area (Å²) in [6.07, 6.45) is 13.0. The molecule has 1 aliphatic heterocycles. The van der Waals surface area contributed by atoms with Gasteiger partial charge in [0.1, 0.15) is 24.6 Å². The van der Waals surface area contributed by atoms with Crippen molar-refractivity contribution in [3.05, 3.63) is 54.6 Å². The Morgan fingerprint density at radius 3 is 2.93 bits per heavy atom. The Morgan fingerprint density at radius 1 is 1.31 bits per heavy atom. The predicted molar refractivity (Wildman–Crippen MR) is 122 cm³/mol. The van der Waals surface area contributed by atoms with Crippen molar-refractivity contribution in [3.63, 3.8) is 0 Å². The van der Waals surface area contributed by atoms with Crippen LogP contribution in [-0.4, -0.2) is 24.8 Å². The zero-order valence-electron chi connectivity index (χ0n) is 17.0. The highest BCUT2D eigenvalue weighted by Crippen LogP contribution is 2.42. The van der Waals surface area contributed by atoms with E-state index in [0.717, 1.165) is 31.4 Å². The number of esters is 1. The van der Waals surface area contributed by atoms with Crippen molar-refractivity contribution < 1.29 is 18.8 Å². The summed E-state index contributed by atoms with van der Waals surface area (Å²) in [6, 6.07) is 9.81. The topological polar surface area (TPSA) is 44.8 Å². The van der Waals surface area contributed by atoms with Crippen LogP contribution in [0.25, 0.3) is 0 Å². The average molecular weight is 434 g/mol. The molecule has 1 aromatic carbocycles. The smallest absolute Gasteiger partial charge is 0.306 e. The molecule has 0 radical (unpaired) electrons. The van der Waals surface area contributed by atoms with Gasteiger partial charge < -0.3 is 14.0 Å². The van der Waals surface area contributed by atoms with Crippen LogP contribution in [-0.2, 0) is 14.1 Å². The van der Waals surface area contributed by atoms with E-state index in [1.165, 1.54) is 0 Å². The van der Waals surface area contributed by atoms with Crippen LogP contribution in [0.3, 0.4) is 0 Å². The molecule has 2 unspecified atom stereocenters. The van der Waals surface area contributed by atoms with E-state index in [1.54, 1.807) is 0 Å². The van der Waals surface area contributed by atoms with E-state index in [4.69, 9.17) is 14.0 Å². The van der Waals surface area contributed by atoms with Crippen LogP contribution in [0.15, 0.2) is 54.6 Å². The van der Waals surface area contributed by atoms with Crippen molar-refractivity contribution in [2.24, 2.45) is 17.8 Å². The van der Waals surface area contributed by atoms with Gasteiger partial charge in [-0.15, -0.1) is 0 Å². The molecular formula is C23H32O4P2. The van der Waals surface area contributed by atoms with Crippen LogP contribution in [0, 0.1) is 17.8 Å². The van der Waals surface area contributed by atoms with E-state index in [9.17, 15) is 4.79 Å². The van der Waals surface area contributed by atoms with Gasteiger partial charge in [0.25, 0.3) is 0 Å². The van der Waals surface area contributed by atoms with Gasteiger partial charge in [-0.05, 0) is 49.7 Å². The first-order chi connectivity index (χ1) is 14.2. The lowest BCUT2D eigenvalue weighted by molar-refractivity contribution is -0.151. The second-order valence-electron chi connectivity index (χ2n) is 7.86. The third-order valence-corrected chi connectivity index (χ3v) is 6.61. The summed E-state index contributed by atoms with van der Waals surface area (Å²) >= 11 is 0. The molecule has 1 fully saturated rings. The number of carbonyl (C=O) groups excluding carboxylic acids is 1. The fourth-order valence-electron chi connectivity index (χ4n) is 4.27. The molecular weight excluding hydrogens is 402 g/mol. The van der Waals surface area contributed by atoms with E-state index in [0.29, 0.717) is 39.3 Å². The largest absolute Gasteiger partial charge is 0.491 e. The highest BCUT2D eigenvalue weighted by atomic mass is 32.0. The molecule has 0 amide bonds. The Bertz CT molecular complexity index is 691. The van der Waals surface area contributed by atoms with E-state index < -0.39 is 0 Å². The summed E-state index contributed by atoms with van der Waals surface area (Å²) < 4.78 is 17.6. The van der Waals surface area contributed by atoms with Crippen molar-refractivity contribution in [1.82, 2.24) is 0 Å². The normalized spacial score (nSPS) is 30.2. The third kappa shape index (κ3) is 6.92. The molecule has 0 saturated heterocycles. The molecule has 0 spiro atoms. The fraction of sp³-hybridized carbons (Fsp3) is 0.522. The minimum absolute atomic E-state index is 0.0124. The van der Waals surface area contributed by atoms with Crippen LogP contribution < -0.4 is 4.74 Å². The van der Waals surface area contributed by atoms with Gasteiger partial charge in [-0.1, -0.05) is 58.4 Å². The van der Waals surface area contributed by atoms with Crippen molar-refractivity contribution >= 4 is 23.4 Å². The van der Waals surface area contributed by atoms with Gasteiger partial charge in [-0.25, -0.2) is 0 Å². The zero-order valence-corrected chi connectivity index (χ0v) is 19.2. The first-order valence-corrected chi connectivity index (χ1v) is 13.2. The maximum atomic E-state index is 12.1. The second kappa shape index (κ2) is 11.8. The summed E-state index contributed by atoms with van der Waals surface area (Å²) in [7, 11) is 2.95. The van der Waals surface area contributed by atoms with Gasteiger partial charge in [-0.3, -0.25) is 4.79 Å². The first kappa shape index (κ1) is 22.5. The van der Waals surface area contributed by atoms with Crippen LogP contribution in [0.2, 0.25) is 0 Å². The summed E-state index contributed by atoms with van der Waals surface area (Å²) in [5, 5.41) is 0. The molecule has 1 saturated carbocycles. The summed E-state index contributed by atoms with van der Waals surface area (Å²) in [6.45, 7) is 2.74. The summed E-state index contributed by atoms with van der Waals surface area (Å²) in [4.78, 5) is 12.1. The molecule has 1 aromatic rings. The van der Waals surface area contributed by atoms with E-state index >= 15 is 0 Å². The second-order valence-corrected chi connectivity index (χ2v) is 9.04. The lowest BCUT2D eigenvalue weighted by atomic mass is 9.86. The molecule has 0 N–H and O–H groups in total. The van der Waals surface area contributed by atoms with Gasteiger partial charge in [-0.2, -0.15) is 0 Å². The summed E-state index contributed by atoms with van der Waals surface area (Å²) in [5.41, 5.74) is 0. The minimum Gasteiger partial charge on any atom is -0.491 e. The monoisotopic (exact) mass is 434 g/mol. The predicted octanol–water partition coefficient (Wildman–Crippen LogP) is 5.70. The number of allylic oxidation sites excluding steroid dienone is 3. The molecule has 7 atom stereocenters. The highest BCUT2D eigenvalue weighted by molar-refractivity contribution is 8.00. The fourth-order valence-corrected chi connectivity index (χ4v) is 5.12. The molecule has 3 rings (SSSR count). The van der Waals surface area contributed by atoms with Gasteiger partial charge in [0, 0.05) is 20.8 Å². The molecule has 2 aliphatic rings. The Hall–Kier alpha value is -1.21.